The quantitative estimate of drug-likeness (QED) is 0.295. The molecule has 0 spiro atoms. The molecule has 210 valence electrons. The average molecular weight is 562 g/mol. The normalized spacial score (nSPS) is 17.1. The topological polar surface area (TPSA) is 124 Å². The van der Waals surface area contributed by atoms with Gasteiger partial charge in [0.15, 0.2) is 0 Å². The van der Waals surface area contributed by atoms with Crippen LogP contribution in [0.1, 0.15) is 18.0 Å². The van der Waals surface area contributed by atoms with Crippen LogP contribution in [0, 0.1) is 17.5 Å². The van der Waals surface area contributed by atoms with Crippen LogP contribution in [-0.4, -0.2) is 63.9 Å². The Bertz CT molecular complexity index is 1660. The minimum absolute atomic E-state index is 0.0313. The van der Waals surface area contributed by atoms with Crippen molar-refractivity contribution in [2.45, 2.75) is 24.6 Å². The molecule has 0 radical (unpaired) electrons. The van der Waals surface area contributed by atoms with E-state index in [0.29, 0.717) is 42.2 Å². The van der Waals surface area contributed by atoms with Gasteiger partial charge in [-0.2, -0.15) is 5.10 Å². The van der Waals surface area contributed by atoms with Gasteiger partial charge in [-0.1, -0.05) is 6.07 Å². The molecule has 1 aliphatic rings. The van der Waals surface area contributed by atoms with Gasteiger partial charge in [0, 0.05) is 49.1 Å². The highest BCUT2D eigenvalue weighted by Crippen LogP contribution is 2.36. The molecule has 2 atom stereocenters. The monoisotopic (exact) mass is 561 g/mol. The van der Waals surface area contributed by atoms with Gasteiger partial charge in [-0.25, -0.2) is 37.8 Å². The van der Waals surface area contributed by atoms with Crippen LogP contribution in [0.4, 0.5) is 19.1 Å². The molecule has 5 aromatic rings. The van der Waals surface area contributed by atoms with E-state index >= 15 is 0 Å². The van der Waals surface area contributed by atoms with Crippen molar-refractivity contribution in [3.05, 3.63) is 96.7 Å². The predicted octanol–water partition coefficient (Wildman–Crippen LogP) is 3.43. The van der Waals surface area contributed by atoms with Crippen LogP contribution in [0.5, 0.6) is 0 Å². The number of halogens is 3. The van der Waals surface area contributed by atoms with Crippen LogP contribution in [-0.2, 0) is 12.1 Å². The van der Waals surface area contributed by atoms with Crippen molar-refractivity contribution < 1.29 is 18.3 Å². The molecule has 0 amide bonds. The third-order valence-electron chi connectivity index (χ3n) is 7.28. The van der Waals surface area contributed by atoms with Gasteiger partial charge in [0.1, 0.15) is 35.7 Å². The Morgan fingerprint density at radius 3 is 2.51 bits per heavy atom. The van der Waals surface area contributed by atoms with Gasteiger partial charge in [-0.3, -0.25) is 4.90 Å². The molecule has 4 heterocycles. The molecule has 3 N–H and O–H groups in total. The Kier molecular flexibility index (Phi) is 6.97. The lowest BCUT2D eigenvalue weighted by Gasteiger charge is -2.33. The second-order valence-electron chi connectivity index (χ2n) is 10.1. The Morgan fingerprint density at radius 1 is 0.976 bits per heavy atom. The lowest BCUT2D eigenvalue weighted by molar-refractivity contribution is -0.0170. The molecule has 0 aliphatic carbocycles. The SMILES string of the molecule is Nc1nccc(-c2c(-c3ccc(F)cc3)ncn2C2CCN(C[C@](O)(Cn3cncn3)c3ccc(F)cc3F)C2)n1. The van der Waals surface area contributed by atoms with Crippen molar-refractivity contribution in [1.29, 1.82) is 0 Å². The van der Waals surface area contributed by atoms with E-state index in [1.54, 1.807) is 30.7 Å². The number of nitrogen functional groups attached to an aromatic ring is 1. The lowest BCUT2D eigenvalue weighted by Crippen LogP contribution is -2.44. The van der Waals surface area contributed by atoms with Crippen LogP contribution < -0.4 is 5.73 Å². The molecule has 0 bridgehead atoms. The first-order valence-corrected chi connectivity index (χ1v) is 12.9. The van der Waals surface area contributed by atoms with Gasteiger partial charge in [0.2, 0.25) is 5.95 Å². The van der Waals surface area contributed by atoms with Crippen LogP contribution in [0.2, 0.25) is 0 Å². The van der Waals surface area contributed by atoms with E-state index < -0.39 is 17.2 Å². The highest BCUT2D eigenvalue weighted by molar-refractivity contribution is 5.77. The molecule has 1 unspecified atom stereocenters. The van der Waals surface area contributed by atoms with Crippen LogP contribution in [0.3, 0.4) is 0 Å². The summed E-state index contributed by atoms with van der Waals surface area (Å²) in [7, 11) is 0. The summed E-state index contributed by atoms with van der Waals surface area (Å²) in [4.78, 5) is 19.0. The number of benzene rings is 2. The predicted molar refractivity (Wildman–Crippen MR) is 143 cm³/mol. The summed E-state index contributed by atoms with van der Waals surface area (Å²) in [5.41, 5.74) is 6.71. The number of β-amino-alcohol motifs (C(OH)–C–C–N with tert-alkyl or cyclic N) is 1. The molecule has 1 fully saturated rings. The summed E-state index contributed by atoms with van der Waals surface area (Å²) >= 11 is 0. The van der Waals surface area contributed by atoms with Crippen molar-refractivity contribution in [1.82, 2.24) is 39.2 Å². The van der Waals surface area contributed by atoms with E-state index in [2.05, 4.69) is 25.0 Å². The van der Waals surface area contributed by atoms with E-state index in [0.717, 1.165) is 12.1 Å². The van der Waals surface area contributed by atoms with Gasteiger partial charge < -0.3 is 15.4 Å². The number of hydrogen-bond donors (Lipinski definition) is 2. The minimum atomic E-state index is -1.72. The number of anilines is 1. The maximum atomic E-state index is 14.9. The van der Waals surface area contributed by atoms with Crippen LogP contribution in [0.15, 0.2) is 73.7 Å². The molecule has 2 aromatic carbocycles. The summed E-state index contributed by atoms with van der Waals surface area (Å²) in [6.07, 6.45) is 6.72. The van der Waals surface area contributed by atoms with E-state index in [1.807, 2.05) is 9.47 Å². The van der Waals surface area contributed by atoms with Gasteiger partial charge in [-0.15, -0.1) is 0 Å². The van der Waals surface area contributed by atoms with Gasteiger partial charge in [0.25, 0.3) is 0 Å². The molecule has 41 heavy (non-hydrogen) atoms. The molecular formula is C28H26F3N9O. The third-order valence-corrected chi connectivity index (χ3v) is 7.28. The second kappa shape index (κ2) is 10.7. The smallest absolute Gasteiger partial charge is 0.220 e. The number of nitrogens with two attached hydrogens (primary N) is 1. The van der Waals surface area contributed by atoms with Gasteiger partial charge >= 0.3 is 0 Å². The maximum absolute atomic E-state index is 14.9. The second-order valence-corrected chi connectivity index (χ2v) is 10.1. The van der Waals surface area contributed by atoms with Crippen LogP contribution >= 0.6 is 0 Å². The zero-order valence-electron chi connectivity index (χ0n) is 21.8. The molecule has 3 aromatic heterocycles. The standard InChI is InChI=1S/C28H26F3N9O/c29-19-3-1-18(2-4-19)25-26(24-7-9-34-27(32)37-24)40(17-35-25)21-8-10-38(12-21)13-28(41,14-39-16-33-15-36-39)22-6-5-20(30)11-23(22)31/h1-7,9,11,15-17,21,41H,8,10,12-14H2,(H2,32,34,37)/t21?,28-/m0/s1. The highest BCUT2D eigenvalue weighted by atomic mass is 19.1. The summed E-state index contributed by atoms with van der Waals surface area (Å²) in [6.45, 7) is 1.06. The number of imidazole rings is 1. The highest BCUT2D eigenvalue weighted by Gasteiger charge is 2.38. The number of rotatable bonds is 8. The lowest BCUT2D eigenvalue weighted by atomic mass is 9.92. The van der Waals surface area contributed by atoms with E-state index in [9.17, 15) is 18.3 Å². The fraction of sp³-hybridized carbons (Fsp3) is 0.250. The first kappa shape index (κ1) is 26.6. The summed E-state index contributed by atoms with van der Waals surface area (Å²) in [5.74, 6) is -1.83. The zero-order valence-corrected chi connectivity index (χ0v) is 21.8. The Morgan fingerprint density at radius 2 is 1.78 bits per heavy atom. The molecule has 1 aliphatic heterocycles. The molecule has 6 rings (SSSR count). The number of hydrogen-bond acceptors (Lipinski definition) is 8. The van der Waals surface area contributed by atoms with Gasteiger partial charge in [-0.05, 0) is 42.8 Å². The molecule has 0 saturated carbocycles. The van der Waals surface area contributed by atoms with Crippen molar-refractivity contribution >= 4 is 5.95 Å². The third kappa shape index (κ3) is 5.41. The summed E-state index contributed by atoms with van der Waals surface area (Å²) in [5, 5.41) is 15.9. The number of nitrogens with zero attached hydrogens (tertiary/aromatic N) is 8. The maximum Gasteiger partial charge on any atom is 0.220 e. The summed E-state index contributed by atoms with van der Waals surface area (Å²) in [6, 6.07) is 10.8. The number of aromatic nitrogens is 7. The number of aliphatic hydroxyl groups is 1. The first-order valence-electron chi connectivity index (χ1n) is 12.9. The Labute approximate surface area is 233 Å². The Balaban J connectivity index is 1.32. The average Bonchev–Trinajstić information content (AvgIpc) is 3.70. The van der Waals surface area contributed by atoms with Crippen LogP contribution in [0.25, 0.3) is 22.6 Å². The van der Waals surface area contributed by atoms with E-state index in [4.69, 9.17) is 5.73 Å². The van der Waals surface area contributed by atoms with Crippen molar-refractivity contribution in [2.24, 2.45) is 0 Å². The zero-order chi connectivity index (χ0) is 28.6. The summed E-state index contributed by atoms with van der Waals surface area (Å²) < 4.78 is 45.7. The first-order chi connectivity index (χ1) is 19.8. The van der Waals surface area contributed by atoms with Crippen molar-refractivity contribution in [3.63, 3.8) is 0 Å². The molecular weight excluding hydrogens is 535 g/mol. The fourth-order valence-electron chi connectivity index (χ4n) is 5.44. The largest absolute Gasteiger partial charge is 0.382 e. The molecule has 13 heteroatoms. The van der Waals surface area contributed by atoms with E-state index in [-0.39, 0.29) is 36.5 Å². The van der Waals surface area contributed by atoms with Crippen molar-refractivity contribution in [2.75, 3.05) is 25.4 Å². The minimum Gasteiger partial charge on any atom is -0.382 e. The van der Waals surface area contributed by atoms with Gasteiger partial charge in [0.05, 0.1) is 30.0 Å². The Hall–Kier alpha value is -4.62. The van der Waals surface area contributed by atoms with E-state index in [1.165, 1.54) is 35.5 Å². The molecule has 10 nitrogen and oxygen atoms in total. The number of likely N-dealkylation sites (tertiary alicyclic amines) is 1. The fourth-order valence-corrected chi connectivity index (χ4v) is 5.44. The van der Waals surface area contributed by atoms with Crippen molar-refractivity contribution in [3.8, 4) is 22.6 Å². The molecule has 1 saturated heterocycles.